The van der Waals surface area contributed by atoms with Crippen molar-refractivity contribution in [2.24, 2.45) is 0 Å². The average molecular weight is 306 g/mol. The van der Waals surface area contributed by atoms with Gasteiger partial charge in [0.15, 0.2) is 0 Å². The van der Waals surface area contributed by atoms with E-state index in [0.29, 0.717) is 19.7 Å². The van der Waals surface area contributed by atoms with E-state index in [2.05, 4.69) is 11.9 Å². The summed E-state index contributed by atoms with van der Waals surface area (Å²) in [5.74, 6) is 0.436. The molecule has 0 aliphatic rings. The van der Waals surface area contributed by atoms with Gasteiger partial charge in [-0.3, -0.25) is 0 Å². The molecule has 2 aromatic carbocycles. The Morgan fingerprint density at radius 3 is 2.76 bits per heavy atom. The molecule has 2 aromatic rings. The normalized spacial score (nSPS) is 10.4. The number of ether oxygens (including phenoxy) is 1. The van der Waals surface area contributed by atoms with Gasteiger partial charge in [0.1, 0.15) is 18.2 Å². The summed E-state index contributed by atoms with van der Waals surface area (Å²) >= 11 is 5.76. The molecular formula is C17H17ClFNO. The van der Waals surface area contributed by atoms with E-state index in [-0.39, 0.29) is 5.02 Å². The minimum atomic E-state index is -0.399. The summed E-state index contributed by atoms with van der Waals surface area (Å²) < 4.78 is 18.7. The maximum atomic E-state index is 13.1. The Morgan fingerprint density at radius 1 is 1.19 bits per heavy atom. The lowest BCUT2D eigenvalue weighted by Gasteiger charge is -2.11. The molecule has 0 fully saturated rings. The molecule has 0 atom stereocenters. The highest BCUT2D eigenvalue weighted by atomic mass is 35.5. The second kappa shape index (κ2) is 7.81. The summed E-state index contributed by atoms with van der Waals surface area (Å²) in [7, 11) is 0. The van der Waals surface area contributed by atoms with E-state index in [0.717, 1.165) is 16.9 Å². The molecule has 21 heavy (non-hydrogen) atoms. The van der Waals surface area contributed by atoms with Crippen LogP contribution in [0, 0.1) is 5.82 Å². The van der Waals surface area contributed by atoms with E-state index in [1.807, 2.05) is 24.3 Å². The maximum Gasteiger partial charge on any atom is 0.141 e. The summed E-state index contributed by atoms with van der Waals surface area (Å²) in [5, 5.41) is 3.44. The van der Waals surface area contributed by atoms with Crippen molar-refractivity contribution in [2.75, 3.05) is 6.61 Å². The van der Waals surface area contributed by atoms with Crippen LogP contribution in [0.5, 0.6) is 5.75 Å². The van der Waals surface area contributed by atoms with E-state index >= 15 is 0 Å². The average Bonchev–Trinajstić information content (AvgIpc) is 2.50. The lowest BCUT2D eigenvalue weighted by Crippen LogP contribution is -2.13. The molecule has 0 heterocycles. The quantitative estimate of drug-likeness (QED) is 0.769. The Balaban J connectivity index is 1.93. The molecule has 0 spiro atoms. The lowest BCUT2D eigenvalue weighted by atomic mass is 10.2. The van der Waals surface area contributed by atoms with Crippen molar-refractivity contribution in [3.05, 3.63) is 77.1 Å². The van der Waals surface area contributed by atoms with Crippen LogP contribution >= 0.6 is 11.6 Å². The third-order valence-corrected chi connectivity index (χ3v) is 3.25. The Labute approximate surface area is 129 Å². The Bertz CT molecular complexity index is 615. The summed E-state index contributed by atoms with van der Waals surface area (Å²) in [6.07, 6.45) is 1.71. The fraction of sp³-hybridized carbons (Fsp3) is 0.176. The largest absolute Gasteiger partial charge is 0.489 e. The minimum Gasteiger partial charge on any atom is -0.489 e. The molecular weight excluding hydrogens is 289 g/mol. The van der Waals surface area contributed by atoms with Crippen molar-refractivity contribution in [3.8, 4) is 5.75 Å². The third-order valence-electron chi connectivity index (χ3n) is 2.96. The van der Waals surface area contributed by atoms with Crippen molar-refractivity contribution in [2.45, 2.75) is 13.1 Å². The molecule has 0 saturated heterocycles. The van der Waals surface area contributed by atoms with Gasteiger partial charge in [-0.1, -0.05) is 48.5 Å². The van der Waals surface area contributed by atoms with Gasteiger partial charge in [0.25, 0.3) is 0 Å². The smallest absolute Gasteiger partial charge is 0.141 e. The zero-order valence-corrected chi connectivity index (χ0v) is 12.4. The minimum absolute atomic E-state index is 0.143. The Kier molecular flexibility index (Phi) is 5.78. The van der Waals surface area contributed by atoms with Crippen molar-refractivity contribution < 1.29 is 9.13 Å². The molecule has 2 rings (SSSR count). The first-order valence-corrected chi connectivity index (χ1v) is 7.04. The molecule has 1 N–H and O–H groups in total. The lowest BCUT2D eigenvalue weighted by molar-refractivity contribution is 0.358. The van der Waals surface area contributed by atoms with Gasteiger partial charge in [-0.25, -0.2) is 4.39 Å². The molecule has 0 aliphatic carbocycles. The first kappa shape index (κ1) is 15.5. The second-order valence-corrected chi connectivity index (χ2v) is 4.97. The number of nitrogens with one attached hydrogen (secondary N) is 1. The topological polar surface area (TPSA) is 21.3 Å². The number of para-hydroxylation sites is 1. The summed E-state index contributed by atoms with van der Waals surface area (Å²) in [6.45, 7) is 5.38. The Morgan fingerprint density at radius 2 is 2.00 bits per heavy atom. The first-order chi connectivity index (χ1) is 10.2. The molecule has 0 aromatic heterocycles. The van der Waals surface area contributed by atoms with Crippen LogP contribution in [0.15, 0.2) is 55.1 Å². The summed E-state index contributed by atoms with van der Waals surface area (Å²) in [4.78, 5) is 0. The van der Waals surface area contributed by atoms with Gasteiger partial charge in [0.05, 0.1) is 5.02 Å². The monoisotopic (exact) mass is 305 g/mol. The van der Waals surface area contributed by atoms with Crippen molar-refractivity contribution >= 4 is 11.6 Å². The molecule has 2 nitrogen and oxygen atoms in total. The van der Waals surface area contributed by atoms with Crippen LogP contribution in [0.25, 0.3) is 0 Å². The molecule has 0 radical (unpaired) electrons. The van der Waals surface area contributed by atoms with Crippen LogP contribution in [0.3, 0.4) is 0 Å². The van der Waals surface area contributed by atoms with Crippen LogP contribution in [-0.2, 0) is 13.1 Å². The number of benzene rings is 2. The van der Waals surface area contributed by atoms with Crippen LogP contribution in [0.2, 0.25) is 5.02 Å². The van der Waals surface area contributed by atoms with Gasteiger partial charge in [0.2, 0.25) is 0 Å². The second-order valence-electron chi connectivity index (χ2n) is 4.56. The molecule has 4 heteroatoms. The fourth-order valence-corrected chi connectivity index (χ4v) is 2.13. The first-order valence-electron chi connectivity index (χ1n) is 6.67. The highest BCUT2D eigenvalue weighted by Gasteiger charge is 2.03. The van der Waals surface area contributed by atoms with E-state index in [9.17, 15) is 4.39 Å². The van der Waals surface area contributed by atoms with Gasteiger partial charge in [-0.2, -0.15) is 0 Å². The molecule has 0 saturated carbocycles. The maximum absolute atomic E-state index is 13.1. The van der Waals surface area contributed by atoms with Crippen molar-refractivity contribution in [3.63, 3.8) is 0 Å². The predicted molar refractivity (Wildman–Crippen MR) is 84.1 cm³/mol. The number of hydrogen-bond donors (Lipinski definition) is 1. The van der Waals surface area contributed by atoms with E-state index in [1.165, 1.54) is 6.07 Å². The van der Waals surface area contributed by atoms with E-state index < -0.39 is 5.82 Å². The highest BCUT2D eigenvalue weighted by Crippen LogP contribution is 2.19. The predicted octanol–water partition coefficient (Wildman–Crippen LogP) is 4.33. The van der Waals surface area contributed by atoms with Gasteiger partial charge in [0, 0.05) is 18.7 Å². The van der Waals surface area contributed by atoms with Gasteiger partial charge >= 0.3 is 0 Å². The van der Waals surface area contributed by atoms with Crippen LogP contribution in [0.4, 0.5) is 4.39 Å². The Hall–Kier alpha value is -1.84. The van der Waals surface area contributed by atoms with Crippen LogP contribution < -0.4 is 10.1 Å². The zero-order chi connectivity index (χ0) is 15.1. The molecule has 0 unspecified atom stereocenters. The molecule has 0 aliphatic heterocycles. The van der Waals surface area contributed by atoms with Crippen LogP contribution in [-0.4, -0.2) is 6.61 Å². The number of halogens is 2. The van der Waals surface area contributed by atoms with Gasteiger partial charge in [-0.15, -0.1) is 0 Å². The summed E-state index contributed by atoms with van der Waals surface area (Å²) in [5.41, 5.74) is 2.00. The number of rotatable bonds is 7. The third kappa shape index (κ3) is 4.59. The summed E-state index contributed by atoms with van der Waals surface area (Å²) in [6, 6.07) is 12.5. The zero-order valence-electron chi connectivity index (χ0n) is 11.6. The van der Waals surface area contributed by atoms with E-state index in [1.54, 1.807) is 18.2 Å². The fourth-order valence-electron chi connectivity index (χ4n) is 1.93. The standard InChI is InChI=1S/C17H17ClFNO/c1-2-9-21-17-6-4-3-5-14(17)12-20-11-13-7-8-16(19)15(18)10-13/h2-8,10,20H,1,9,11-12H2. The van der Waals surface area contributed by atoms with Crippen LogP contribution in [0.1, 0.15) is 11.1 Å². The SMILES string of the molecule is C=CCOc1ccccc1CNCc1ccc(F)c(Cl)c1. The highest BCUT2D eigenvalue weighted by molar-refractivity contribution is 6.30. The van der Waals surface area contributed by atoms with E-state index in [4.69, 9.17) is 16.3 Å². The van der Waals surface area contributed by atoms with Gasteiger partial charge in [-0.05, 0) is 23.8 Å². The van der Waals surface area contributed by atoms with Crippen molar-refractivity contribution in [1.29, 1.82) is 0 Å². The molecule has 0 bridgehead atoms. The van der Waals surface area contributed by atoms with Crippen molar-refractivity contribution in [1.82, 2.24) is 5.32 Å². The molecule has 0 amide bonds. The molecule has 110 valence electrons. The number of hydrogen-bond acceptors (Lipinski definition) is 2. The van der Waals surface area contributed by atoms with Gasteiger partial charge < -0.3 is 10.1 Å².